The summed E-state index contributed by atoms with van der Waals surface area (Å²) in [6.07, 6.45) is 0. The van der Waals surface area contributed by atoms with Crippen LogP contribution in [0.5, 0.6) is 0 Å². The van der Waals surface area contributed by atoms with Crippen LogP contribution in [0.25, 0.3) is 64.8 Å². The van der Waals surface area contributed by atoms with E-state index in [1.54, 1.807) is 11.3 Å². The van der Waals surface area contributed by atoms with Crippen molar-refractivity contribution in [2.45, 2.75) is 0 Å². The van der Waals surface area contributed by atoms with E-state index in [0.29, 0.717) is 0 Å². The summed E-state index contributed by atoms with van der Waals surface area (Å²) in [5.74, 6) is 0. The van der Waals surface area contributed by atoms with Crippen LogP contribution in [0.1, 0.15) is 0 Å². The Morgan fingerprint density at radius 1 is 0.435 bits per heavy atom. The molecule has 0 aliphatic rings. The fourth-order valence-corrected chi connectivity index (χ4v) is 7.83. The van der Waals surface area contributed by atoms with Crippen LogP contribution in [0.2, 0.25) is 0 Å². The molecular formula is C43H28N2S. The average molecular weight is 605 g/mol. The highest BCUT2D eigenvalue weighted by molar-refractivity contribution is 7.23. The summed E-state index contributed by atoms with van der Waals surface area (Å²) in [4.78, 5) is 7.60. The maximum atomic E-state index is 5.29. The van der Waals surface area contributed by atoms with Gasteiger partial charge < -0.3 is 0 Å². The van der Waals surface area contributed by atoms with Crippen molar-refractivity contribution >= 4 is 70.4 Å². The van der Waals surface area contributed by atoms with E-state index in [2.05, 4.69) is 175 Å². The maximum Gasteiger partial charge on any atom is 0.195 e. The number of rotatable bonds is 5. The van der Waals surface area contributed by atoms with Gasteiger partial charge in [-0.3, -0.25) is 4.90 Å². The second kappa shape index (κ2) is 11.0. The SMILES string of the molecule is c1ccc(-c2cccc(N(c3ccc(-c4cccc5ccccc45)cc3)c3nc4ccc5ccc6ccccc6c5c4s3)c2)cc1. The Kier molecular flexibility index (Phi) is 6.36. The normalized spacial score (nSPS) is 11.5. The number of anilines is 3. The molecule has 0 saturated carbocycles. The summed E-state index contributed by atoms with van der Waals surface area (Å²) < 4.78 is 1.21. The summed E-state index contributed by atoms with van der Waals surface area (Å²) >= 11 is 1.76. The minimum Gasteiger partial charge on any atom is -0.286 e. The highest BCUT2D eigenvalue weighted by Gasteiger charge is 2.20. The Hall–Kier alpha value is -5.77. The van der Waals surface area contributed by atoms with Crippen molar-refractivity contribution in [3.8, 4) is 22.3 Å². The van der Waals surface area contributed by atoms with Gasteiger partial charge in [0, 0.05) is 16.8 Å². The van der Waals surface area contributed by atoms with Crippen LogP contribution in [-0.4, -0.2) is 4.98 Å². The lowest BCUT2D eigenvalue weighted by Gasteiger charge is -2.23. The second-order valence-electron chi connectivity index (χ2n) is 11.6. The molecule has 0 amide bonds. The zero-order chi connectivity index (χ0) is 30.5. The Morgan fingerprint density at radius 3 is 1.93 bits per heavy atom. The molecule has 46 heavy (non-hydrogen) atoms. The van der Waals surface area contributed by atoms with Crippen LogP contribution in [0.3, 0.4) is 0 Å². The van der Waals surface area contributed by atoms with Crippen molar-refractivity contribution in [3.63, 3.8) is 0 Å². The highest BCUT2D eigenvalue weighted by atomic mass is 32.1. The van der Waals surface area contributed by atoms with E-state index in [0.717, 1.165) is 22.0 Å². The number of thiazole rings is 1. The van der Waals surface area contributed by atoms with Crippen molar-refractivity contribution in [2.75, 3.05) is 4.90 Å². The van der Waals surface area contributed by atoms with Crippen molar-refractivity contribution in [3.05, 3.63) is 170 Å². The maximum absolute atomic E-state index is 5.29. The van der Waals surface area contributed by atoms with Crippen LogP contribution in [-0.2, 0) is 0 Å². The molecule has 9 rings (SSSR count). The first-order chi connectivity index (χ1) is 22.8. The molecule has 0 radical (unpaired) electrons. The molecule has 0 atom stereocenters. The quantitative estimate of drug-likeness (QED) is 0.182. The lowest BCUT2D eigenvalue weighted by molar-refractivity contribution is 1.25. The topological polar surface area (TPSA) is 16.1 Å². The molecular weight excluding hydrogens is 577 g/mol. The van der Waals surface area contributed by atoms with Crippen LogP contribution < -0.4 is 4.90 Å². The number of nitrogens with zero attached hydrogens (tertiary/aromatic N) is 2. The highest BCUT2D eigenvalue weighted by Crippen LogP contribution is 2.44. The predicted molar refractivity (Wildman–Crippen MR) is 198 cm³/mol. The summed E-state index contributed by atoms with van der Waals surface area (Å²) in [5, 5.41) is 8.46. The number of aromatic nitrogens is 1. The predicted octanol–water partition coefficient (Wildman–Crippen LogP) is 12.6. The van der Waals surface area contributed by atoms with Crippen molar-refractivity contribution in [2.24, 2.45) is 0 Å². The molecule has 0 saturated heterocycles. The third-order valence-corrected chi connectivity index (χ3v) is 9.95. The largest absolute Gasteiger partial charge is 0.286 e. The summed E-state index contributed by atoms with van der Waals surface area (Å²) in [5.41, 5.74) is 7.96. The number of fused-ring (bicyclic) bond motifs is 6. The van der Waals surface area contributed by atoms with E-state index in [9.17, 15) is 0 Å². The van der Waals surface area contributed by atoms with E-state index in [-0.39, 0.29) is 0 Å². The molecule has 2 nitrogen and oxygen atoms in total. The molecule has 9 aromatic rings. The van der Waals surface area contributed by atoms with Gasteiger partial charge in [0.15, 0.2) is 5.13 Å². The third-order valence-electron chi connectivity index (χ3n) is 8.88. The molecule has 1 aromatic heterocycles. The van der Waals surface area contributed by atoms with Gasteiger partial charge in [0.05, 0.1) is 10.2 Å². The number of benzene rings is 8. The molecule has 1 heterocycles. The molecule has 216 valence electrons. The standard InChI is InChI=1S/C43H28N2S/c1-2-10-29(11-3-1)34-15-8-16-36(28-34)45(35-25-22-32(23-26-35)38-19-9-14-30-12-4-6-17-37(30)38)43-44-40-27-24-33-21-20-31-13-5-7-18-39(31)41(33)42(40)46-43/h1-28H. The Labute approximate surface area is 271 Å². The van der Waals surface area contributed by atoms with E-state index in [1.807, 2.05) is 0 Å². The minimum atomic E-state index is 0.943. The number of hydrogen-bond donors (Lipinski definition) is 0. The van der Waals surface area contributed by atoms with Crippen molar-refractivity contribution in [1.29, 1.82) is 0 Å². The number of hydrogen-bond acceptors (Lipinski definition) is 3. The van der Waals surface area contributed by atoms with Gasteiger partial charge in [0.2, 0.25) is 0 Å². The Bertz CT molecular complexity index is 2530. The molecule has 3 heteroatoms. The van der Waals surface area contributed by atoms with Crippen molar-refractivity contribution < 1.29 is 0 Å². The Balaban J connectivity index is 1.23. The van der Waals surface area contributed by atoms with Gasteiger partial charge in [-0.2, -0.15) is 0 Å². The average Bonchev–Trinajstić information content (AvgIpc) is 3.56. The fraction of sp³-hybridized carbons (Fsp3) is 0. The van der Waals surface area contributed by atoms with Gasteiger partial charge >= 0.3 is 0 Å². The zero-order valence-electron chi connectivity index (χ0n) is 25.0. The van der Waals surface area contributed by atoms with Crippen LogP contribution >= 0.6 is 11.3 Å². The van der Waals surface area contributed by atoms with Gasteiger partial charge in [0.25, 0.3) is 0 Å². The smallest absolute Gasteiger partial charge is 0.195 e. The first-order valence-corrected chi connectivity index (χ1v) is 16.4. The van der Waals surface area contributed by atoms with Crippen LogP contribution in [0, 0.1) is 0 Å². The van der Waals surface area contributed by atoms with E-state index in [1.165, 1.54) is 59.3 Å². The van der Waals surface area contributed by atoms with E-state index >= 15 is 0 Å². The van der Waals surface area contributed by atoms with Gasteiger partial charge in [-0.15, -0.1) is 0 Å². The zero-order valence-corrected chi connectivity index (χ0v) is 25.8. The molecule has 0 aliphatic heterocycles. The van der Waals surface area contributed by atoms with Crippen molar-refractivity contribution in [1.82, 2.24) is 4.98 Å². The second-order valence-corrected chi connectivity index (χ2v) is 12.6. The monoisotopic (exact) mass is 604 g/mol. The van der Waals surface area contributed by atoms with Crippen LogP contribution in [0.4, 0.5) is 16.5 Å². The summed E-state index contributed by atoms with van der Waals surface area (Å²) in [7, 11) is 0. The lowest BCUT2D eigenvalue weighted by atomic mass is 9.98. The molecule has 0 spiro atoms. The first-order valence-electron chi connectivity index (χ1n) is 15.5. The lowest BCUT2D eigenvalue weighted by Crippen LogP contribution is -2.09. The molecule has 0 aliphatic carbocycles. The molecule has 0 fully saturated rings. The summed E-state index contributed by atoms with van der Waals surface area (Å²) in [6.45, 7) is 0. The Morgan fingerprint density at radius 2 is 1.09 bits per heavy atom. The summed E-state index contributed by atoms with van der Waals surface area (Å²) in [6, 6.07) is 60.8. The fourth-order valence-electron chi connectivity index (χ4n) is 6.65. The van der Waals surface area contributed by atoms with Gasteiger partial charge in [0.1, 0.15) is 0 Å². The van der Waals surface area contributed by atoms with Gasteiger partial charge in [-0.1, -0.05) is 151 Å². The molecule has 8 aromatic carbocycles. The third kappa shape index (κ3) is 4.52. The molecule has 0 bridgehead atoms. The van der Waals surface area contributed by atoms with E-state index < -0.39 is 0 Å². The molecule has 0 unspecified atom stereocenters. The van der Waals surface area contributed by atoms with E-state index in [4.69, 9.17) is 4.98 Å². The first kappa shape index (κ1) is 26.6. The minimum absolute atomic E-state index is 0.943. The molecule has 0 N–H and O–H groups in total. The van der Waals surface area contributed by atoms with Gasteiger partial charge in [-0.25, -0.2) is 4.98 Å². The van der Waals surface area contributed by atoms with Crippen LogP contribution in [0.15, 0.2) is 170 Å². The van der Waals surface area contributed by atoms with Gasteiger partial charge in [-0.05, 0) is 79.5 Å².